The first-order chi connectivity index (χ1) is 14.8. The normalized spacial score (nSPS) is 10.5. The van der Waals surface area contributed by atoms with Crippen LogP contribution in [0.3, 0.4) is 0 Å². The highest BCUT2D eigenvalue weighted by Gasteiger charge is 2.20. The van der Waals surface area contributed by atoms with Gasteiger partial charge in [0.2, 0.25) is 0 Å². The first-order valence-corrected chi connectivity index (χ1v) is 9.69. The van der Waals surface area contributed by atoms with Crippen molar-refractivity contribution >= 4 is 23.3 Å². The molecule has 3 aromatic rings. The lowest BCUT2D eigenvalue weighted by molar-refractivity contribution is -0.384. The number of esters is 1. The van der Waals surface area contributed by atoms with E-state index in [2.05, 4.69) is 5.32 Å². The maximum atomic E-state index is 12.2. The van der Waals surface area contributed by atoms with Crippen molar-refractivity contribution in [2.45, 2.75) is 26.7 Å². The number of amides is 1. The van der Waals surface area contributed by atoms with E-state index in [1.54, 1.807) is 26.0 Å². The molecule has 1 N–H and O–H groups in total. The molecule has 3 rings (SSSR count). The van der Waals surface area contributed by atoms with E-state index in [9.17, 15) is 19.7 Å². The number of rotatable bonds is 8. The van der Waals surface area contributed by atoms with E-state index in [1.807, 2.05) is 36.4 Å². The van der Waals surface area contributed by atoms with Crippen molar-refractivity contribution in [3.05, 3.63) is 81.6 Å². The average Bonchev–Trinajstić information content (AvgIpc) is 3.23. The van der Waals surface area contributed by atoms with Crippen LogP contribution in [0.25, 0.3) is 11.3 Å². The van der Waals surface area contributed by atoms with Gasteiger partial charge in [-0.05, 0) is 37.1 Å². The predicted octanol–water partition coefficient (Wildman–Crippen LogP) is 4.59. The lowest BCUT2D eigenvalue weighted by Crippen LogP contribution is -2.22. The Kier molecular flexibility index (Phi) is 6.81. The van der Waals surface area contributed by atoms with E-state index in [0.29, 0.717) is 23.5 Å². The minimum absolute atomic E-state index is 0.0403. The number of nitro benzene ring substituents is 1. The van der Waals surface area contributed by atoms with Gasteiger partial charge in [0.25, 0.3) is 11.6 Å². The number of nitrogens with one attached hydrogen (secondary N) is 1. The number of hydrogen-bond donors (Lipinski definition) is 1. The third-order valence-corrected chi connectivity index (χ3v) is 4.83. The molecule has 2 aromatic carbocycles. The Morgan fingerprint density at radius 1 is 1.06 bits per heavy atom. The van der Waals surface area contributed by atoms with E-state index in [4.69, 9.17) is 9.15 Å². The second-order valence-corrected chi connectivity index (χ2v) is 7.00. The Morgan fingerprint density at radius 2 is 1.81 bits per heavy atom. The van der Waals surface area contributed by atoms with Gasteiger partial charge in [-0.1, -0.05) is 36.4 Å². The Hall–Kier alpha value is -3.94. The molecule has 0 radical (unpaired) electrons. The minimum atomic E-state index is -0.644. The summed E-state index contributed by atoms with van der Waals surface area (Å²) in [4.78, 5) is 34.8. The highest BCUT2D eigenvalue weighted by Crippen LogP contribution is 2.30. The molecule has 0 atom stereocenters. The van der Waals surface area contributed by atoms with Crippen molar-refractivity contribution < 1.29 is 23.7 Å². The van der Waals surface area contributed by atoms with Crippen LogP contribution >= 0.6 is 0 Å². The largest absolute Gasteiger partial charge is 0.461 e. The molecule has 31 heavy (non-hydrogen) atoms. The average molecular weight is 422 g/mol. The van der Waals surface area contributed by atoms with Crippen LogP contribution in [0.5, 0.6) is 0 Å². The number of furan rings is 1. The van der Waals surface area contributed by atoms with Gasteiger partial charge in [0.1, 0.15) is 17.2 Å². The topological polar surface area (TPSA) is 112 Å². The Balaban J connectivity index is 1.50. The number of nitro groups is 1. The third kappa shape index (κ3) is 5.57. The monoisotopic (exact) mass is 422 g/mol. The van der Waals surface area contributed by atoms with Crippen molar-refractivity contribution in [1.82, 2.24) is 0 Å². The number of carbonyl (C=O) groups excluding carboxylic acids is 2. The second-order valence-electron chi connectivity index (χ2n) is 7.00. The molecule has 0 aliphatic carbocycles. The van der Waals surface area contributed by atoms with E-state index in [-0.39, 0.29) is 17.8 Å². The zero-order chi connectivity index (χ0) is 22.4. The molecule has 160 valence electrons. The fourth-order valence-corrected chi connectivity index (χ4v) is 3.00. The van der Waals surface area contributed by atoms with Gasteiger partial charge in [-0.2, -0.15) is 0 Å². The van der Waals surface area contributed by atoms with Gasteiger partial charge in [-0.25, -0.2) is 0 Å². The molecule has 0 aliphatic heterocycles. The Labute approximate surface area is 179 Å². The van der Waals surface area contributed by atoms with E-state index < -0.39 is 23.4 Å². The summed E-state index contributed by atoms with van der Waals surface area (Å²) >= 11 is 0. The van der Waals surface area contributed by atoms with Gasteiger partial charge in [0, 0.05) is 18.1 Å². The van der Waals surface area contributed by atoms with Gasteiger partial charge in [-0.3, -0.25) is 19.7 Å². The van der Waals surface area contributed by atoms with Crippen LogP contribution in [-0.4, -0.2) is 23.4 Å². The Morgan fingerprint density at radius 3 is 2.52 bits per heavy atom. The van der Waals surface area contributed by atoms with Crippen LogP contribution in [0.4, 0.5) is 11.4 Å². The number of aryl methyl sites for hydroxylation is 2. The van der Waals surface area contributed by atoms with Crippen molar-refractivity contribution in [1.29, 1.82) is 0 Å². The summed E-state index contributed by atoms with van der Waals surface area (Å²) in [7, 11) is 0. The molecule has 1 aromatic heterocycles. The third-order valence-electron chi connectivity index (χ3n) is 4.83. The summed E-state index contributed by atoms with van der Waals surface area (Å²) in [5.41, 5.74) is 2.21. The molecule has 1 amide bonds. The smallest absolute Gasteiger partial charge is 0.306 e. The molecule has 0 unspecified atom stereocenters. The zero-order valence-electron chi connectivity index (χ0n) is 17.2. The fourth-order valence-electron chi connectivity index (χ4n) is 3.00. The van der Waals surface area contributed by atoms with Crippen LogP contribution in [0.15, 0.2) is 59.0 Å². The van der Waals surface area contributed by atoms with Crippen LogP contribution < -0.4 is 5.32 Å². The number of nitrogens with zero attached hydrogens (tertiary/aromatic N) is 1. The summed E-state index contributed by atoms with van der Waals surface area (Å²) < 4.78 is 10.7. The first-order valence-electron chi connectivity index (χ1n) is 9.69. The van der Waals surface area contributed by atoms with Gasteiger partial charge in [0.15, 0.2) is 6.61 Å². The number of ether oxygens (including phenoxy) is 1. The number of benzene rings is 2. The molecule has 1 heterocycles. The van der Waals surface area contributed by atoms with Gasteiger partial charge in [0.05, 0.1) is 11.3 Å². The fraction of sp³-hybridized carbons (Fsp3) is 0.217. The molecule has 0 saturated heterocycles. The molecule has 0 aliphatic rings. The quantitative estimate of drug-likeness (QED) is 0.323. The second kappa shape index (κ2) is 9.71. The molecule has 0 fully saturated rings. The molecule has 8 heteroatoms. The van der Waals surface area contributed by atoms with Crippen LogP contribution in [0.1, 0.15) is 23.3 Å². The molecular weight excluding hydrogens is 400 g/mol. The SMILES string of the molecule is Cc1ccc([N+](=O)[O-])c(NC(=O)COC(=O)CCc2ccc(-c3ccccc3)o2)c1C. The maximum absolute atomic E-state index is 12.2. The lowest BCUT2D eigenvalue weighted by Gasteiger charge is -2.11. The molecular formula is C23H22N2O6. The number of anilines is 1. The van der Waals surface area contributed by atoms with Gasteiger partial charge >= 0.3 is 5.97 Å². The van der Waals surface area contributed by atoms with Crippen molar-refractivity contribution in [2.75, 3.05) is 11.9 Å². The van der Waals surface area contributed by atoms with Gasteiger partial charge < -0.3 is 14.5 Å². The first kappa shape index (κ1) is 21.8. The van der Waals surface area contributed by atoms with E-state index >= 15 is 0 Å². The summed E-state index contributed by atoms with van der Waals surface area (Å²) in [6.07, 6.45) is 0.369. The van der Waals surface area contributed by atoms with Crippen LogP contribution in [-0.2, 0) is 20.7 Å². The predicted molar refractivity (Wildman–Crippen MR) is 115 cm³/mol. The summed E-state index contributed by atoms with van der Waals surface area (Å²) in [5.74, 6) is 0.127. The lowest BCUT2D eigenvalue weighted by atomic mass is 10.1. The Bertz CT molecular complexity index is 1100. The highest BCUT2D eigenvalue weighted by molar-refractivity contribution is 5.96. The van der Waals surface area contributed by atoms with Crippen LogP contribution in [0, 0.1) is 24.0 Å². The number of hydrogen-bond acceptors (Lipinski definition) is 6. The van der Waals surface area contributed by atoms with E-state index in [1.165, 1.54) is 6.07 Å². The van der Waals surface area contributed by atoms with Gasteiger partial charge in [-0.15, -0.1) is 0 Å². The van der Waals surface area contributed by atoms with Crippen molar-refractivity contribution in [2.24, 2.45) is 0 Å². The van der Waals surface area contributed by atoms with E-state index in [0.717, 1.165) is 11.1 Å². The molecule has 0 spiro atoms. The number of carbonyl (C=O) groups is 2. The highest BCUT2D eigenvalue weighted by atomic mass is 16.6. The van der Waals surface area contributed by atoms with Crippen LogP contribution in [0.2, 0.25) is 0 Å². The molecule has 0 bridgehead atoms. The minimum Gasteiger partial charge on any atom is -0.461 e. The molecule has 8 nitrogen and oxygen atoms in total. The van der Waals surface area contributed by atoms with Crippen molar-refractivity contribution in [3.8, 4) is 11.3 Å². The zero-order valence-corrected chi connectivity index (χ0v) is 17.2. The summed E-state index contributed by atoms with van der Waals surface area (Å²) in [5, 5.41) is 13.7. The maximum Gasteiger partial charge on any atom is 0.306 e. The van der Waals surface area contributed by atoms with Crippen molar-refractivity contribution in [3.63, 3.8) is 0 Å². The summed E-state index contributed by atoms with van der Waals surface area (Å²) in [6, 6.07) is 16.2. The molecule has 0 saturated carbocycles. The summed E-state index contributed by atoms with van der Waals surface area (Å²) in [6.45, 7) is 2.93. The standard InChI is InChI=1S/C23H22N2O6/c1-15-8-11-19(25(28)29)23(16(15)2)24-21(26)14-30-22(27)13-10-18-9-12-20(31-18)17-6-4-3-5-7-17/h3-9,11-12H,10,13-14H2,1-2H3,(H,24,26).